The summed E-state index contributed by atoms with van der Waals surface area (Å²) >= 11 is 7.59. The lowest BCUT2D eigenvalue weighted by molar-refractivity contribution is 0.900. The maximum absolute atomic E-state index is 6.01. The smallest absolute Gasteiger partial charge is 0.225 e. The molecular formula is C15H14ClN3S. The molecule has 2 aromatic heterocycles. The Bertz CT molecular complexity index is 754. The third kappa shape index (κ3) is 2.62. The monoisotopic (exact) mass is 303 g/mol. The fourth-order valence-corrected chi connectivity index (χ4v) is 3.24. The van der Waals surface area contributed by atoms with E-state index in [9.17, 15) is 0 Å². The fraction of sp³-hybridized carbons (Fsp3) is 0.200. The number of aryl methyl sites for hydroxylation is 1. The Labute approximate surface area is 126 Å². The maximum Gasteiger partial charge on any atom is 0.225 e. The minimum absolute atomic E-state index is 0.297. The number of fused-ring (bicyclic) bond motifs is 1. The molecule has 0 aliphatic carbocycles. The molecule has 5 heteroatoms. The van der Waals surface area contributed by atoms with Crippen LogP contribution in [0.4, 0.5) is 5.82 Å². The summed E-state index contributed by atoms with van der Waals surface area (Å²) < 4.78 is 0. The van der Waals surface area contributed by atoms with Crippen LogP contribution in [0.2, 0.25) is 5.28 Å². The van der Waals surface area contributed by atoms with Crippen molar-refractivity contribution in [3.8, 4) is 0 Å². The number of thiophene rings is 1. The Morgan fingerprint density at radius 2 is 2.10 bits per heavy atom. The lowest BCUT2D eigenvalue weighted by Gasteiger charge is -2.19. The van der Waals surface area contributed by atoms with Gasteiger partial charge in [0.2, 0.25) is 5.28 Å². The molecule has 2 heterocycles. The van der Waals surface area contributed by atoms with Crippen molar-refractivity contribution in [3.05, 3.63) is 52.1 Å². The van der Waals surface area contributed by atoms with E-state index < -0.39 is 0 Å². The van der Waals surface area contributed by atoms with Gasteiger partial charge < -0.3 is 4.90 Å². The van der Waals surface area contributed by atoms with E-state index in [0.29, 0.717) is 5.28 Å². The zero-order chi connectivity index (χ0) is 14.1. The molecule has 3 aromatic rings. The van der Waals surface area contributed by atoms with Crippen molar-refractivity contribution >= 4 is 39.0 Å². The quantitative estimate of drug-likeness (QED) is 0.676. The van der Waals surface area contributed by atoms with Crippen LogP contribution in [0.1, 0.15) is 11.1 Å². The van der Waals surface area contributed by atoms with Gasteiger partial charge in [-0.3, -0.25) is 0 Å². The second kappa shape index (κ2) is 5.38. The molecule has 0 amide bonds. The third-order valence-corrected chi connectivity index (χ3v) is 4.12. The summed E-state index contributed by atoms with van der Waals surface area (Å²) in [5.74, 6) is 0.878. The van der Waals surface area contributed by atoms with Crippen LogP contribution in [0.25, 0.3) is 10.2 Å². The number of hydrogen-bond donors (Lipinski definition) is 0. The van der Waals surface area contributed by atoms with Crippen LogP contribution in [-0.4, -0.2) is 17.0 Å². The fourth-order valence-electron chi connectivity index (χ4n) is 2.26. The van der Waals surface area contributed by atoms with Crippen molar-refractivity contribution in [1.29, 1.82) is 0 Å². The Morgan fingerprint density at radius 1 is 1.25 bits per heavy atom. The minimum Gasteiger partial charge on any atom is -0.355 e. The number of halogens is 1. The van der Waals surface area contributed by atoms with Gasteiger partial charge in [0.15, 0.2) is 0 Å². The zero-order valence-electron chi connectivity index (χ0n) is 11.3. The van der Waals surface area contributed by atoms with Gasteiger partial charge in [0.1, 0.15) is 10.6 Å². The van der Waals surface area contributed by atoms with Gasteiger partial charge >= 0.3 is 0 Å². The van der Waals surface area contributed by atoms with Crippen molar-refractivity contribution in [2.75, 3.05) is 11.9 Å². The predicted molar refractivity (Wildman–Crippen MR) is 85.7 cm³/mol. The lowest BCUT2D eigenvalue weighted by atomic mass is 10.1. The molecule has 0 aliphatic heterocycles. The van der Waals surface area contributed by atoms with Crippen LogP contribution >= 0.6 is 22.9 Å². The van der Waals surface area contributed by atoms with Crippen LogP contribution < -0.4 is 4.90 Å². The summed E-state index contributed by atoms with van der Waals surface area (Å²) in [6.07, 6.45) is 0. The Hall–Kier alpha value is -1.65. The van der Waals surface area contributed by atoms with Gasteiger partial charge in [0, 0.05) is 13.6 Å². The molecule has 0 N–H and O–H groups in total. The molecule has 1 aromatic carbocycles. The highest BCUT2D eigenvalue weighted by molar-refractivity contribution is 7.16. The van der Waals surface area contributed by atoms with Crippen molar-refractivity contribution in [3.63, 3.8) is 0 Å². The number of anilines is 1. The van der Waals surface area contributed by atoms with Gasteiger partial charge in [-0.05, 0) is 35.5 Å². The number of rotatable bonds is 3. The first kappa shape index (κ1) is 13.3. The van der Waals surface area contributed by atoms with Crippen molar-refractivity contribution in [2.45, 2.75) is 13.5 Å². The Kier molecular flexibility index (Phi) is 3.59. The molecule has 0 spiro atoms. The van der Waals surface area contributed by atoms with Gasteiger partial charge in [-0.2, -0.15) is 4.98 Å². The average molecular weight is 304 g/mol. The Morgan fingerprint density at radius 3 is 2.90 bits per heavy atom. The molecule has 0 fully saturated rings. The summed E-state index contributed by atoms with van der Waals surface area (Å²) in [6.45, 7) is 2.89. The second-order valence-corrected chi connectivity index (χ2v) is 6.03. The summed E-state index contributed by atoms with van der Waals surface area (Å²) in [7, 11) is 2.03. The first-order valence-electron chi connectivity index (χ1n) is 6.31. The van der Waals surface area contributed by atoms with Crippen molar-refractivity contribution in [2.24, 2.45) is 0 Å². The molecule has 20 heavy (non-hydrogen) atoms. The van der Waals surface area contributed by atoms with Crippen LogP contribution in [0.15, 0.2) is 35.7 Å². The first-order chi connectivity index (χ1) is 9.63. The van der Waals surface area contributed by atoms with E-state index in [4.69, 9.17) is 11.6 Å². The average Bonchev–Trinajstić information content (AvgIpc) is 2.85. The van der Waals surface area contributed by atoms with E-state index in [1.807, 2.05) is 18.5 Å². The Balaban J connectivity index is 1.96. The largest absolute Gasteiger partial charge is 0.355 e. The van der Waals surface area contributed by atoms with E-state index in [1.54, 1.807) is 11.3 Å². The molecule has 0 aliphatic rings. The van der Waals surface area contributed by atoms with Crippen LogP contribution in [-0.2, 0) is 6.54 Å². The van der Waals surface area contributed by atoms with E-state index >= 15 is 0 Å². The zero-order valence-corrected chi connectivity index (χ0v) is 12.9. The maximum atomic E-state index is 6.01. The van der Waals surface area contributed by atoms with E-state index in [0.717, 1.165) is 22.6 Å². The number of benzene rings is 1. The molecular weight excluding hydrogens is 290 g/mol. The number of nitrogens with zero attached hydrogens (tertiary/aromatic N) is 3. The van der Waals surface area contributed by atoms with Gasteiger partial charge in [-0.25, -0.2) is 4.98 Å². The first-order valence-corrected chi connectivity index (χ1v) is 7.56. The minimum atomic E-state index is 0.297. The molecule has 0 saturated heterocycles. The molecule has 0 radical (unpaired) electrons. The summed E-state index contributed by atoms with van der Waals surface area (Å²) in [4.78, 5) is 11.7. The molecule has 102 valence electrons. The van der Waals surface area contributed by atoms with Crippen molar-refractivity contribution < 1.29 is 0 Å². The van der Waals surface area contributed by atoms with E-state index in [1.165, 1.54) is 11.1 Å². The topological polar surface area (TPSA) is 29.0 Å². The van der Waals surface area contributed by atoms with E-state index in [-0.39, 0.29) is 0 Å². The summed E-state index contributed by atoms with van der Waals surface area (Å²) in [6, 6.07) is 10.5. The molecule has 0 unspecified atom stereocenters. The molecule has 0 saturated carbocycles. The van der Waals surface area contributed by atoms with Gasteiger partial charge in [-0.15, -0.1) is 11.3 Å². The number of hydrogen-bond acceptors (Lipinski definition) is 4. The highest BCUT2D eigenvalue weighted by Gasteiger charge is 2.12. The van der Waals surface area contributed by atoms with Crippen LogP contribution in [0, 0.1) is 6.92 Å². The highest BCUT2D eigenvalue weighted by Crippen LogP contribution is 2.29. The molecule has 0 atom stereocenters. The molecule has 3 rings (SSSR count). The molecule has 0 bridgehead atoms. The van der Waals surface area contributed by atoms with Gasteiger partial charge in [0.05, 0.1) is 5.39 Å². The highest BCUT2D eigenvalue weighted by atomic mass is 35.5. The van der Waals surface area contributed by atoms with Gasteiger partial charge in [-0.1, -0.05) is 29.8 Å². The predicted octanol–water partition coefficient (Wildman–Crippen LogP) is 4.29. The number of aromatic nitrogens is 2. The lowest BCUT2D eigenvalue weighted by Crippen LogP contribution is -2.18. The second-order valence-electron chi connectivity index (χ2n) is 4.80. The standard InChI is InChI=1S/C15H14ClN3S/c1-10-4-3-5-11(8-10)9-19(2)13-12-6-7-20-14(12)18-15(16)17-13/h3-8H,9H2,1-2H3. The van der Waals surface area contributed by atoms with Crippen LogP contribution in [0.3, 0.4) is 0 Å². The van der Waals surface area contributed by atoms with E-state index in [2.05, 4.69) is 46.1 Å². The third-order valence-electron chi connectivity index (χ3n) is 3.14. The SMILES string of the molecule is Cc1cccc(CN(C)c2nc(Cl)nc3sccc23)c1. The van der Waals surface area contributed by atoms with Gasteiger partial charge in [0.25, 0.3) is 0 Å². The molecule has 3 nitrogen and oxygen atoms in total. The summed E-state index contributed by atoms with van der Waals surface area (Å²) in [5.41, 5.74) is 2.52. The summed E-state index contributed by atoms with van der Waals surface area (Å²) in [5, 5.41) is 3.36. The van der Waals surface area contributed by atoms with Crippen molar-refractivity contribution in [1.82, 2.24) is 9.97 Å². The van der Waals surface area contributed by atoms with Crippen LogP contribution in [0.5, 0.6) is 0 Å². The normalized spacial score (nSPS) is 10.9.